The molecule has 1 N–H and O–H groups in total. The molecule has 0 aliphatic rings. The van der Waals surface area contributed by atoms with Crippen molar-refractivity contribution in [2.45, 2.75) is 109 Å². The number of rotatable bonds is 18. The number of hydrogen-bond donors (Lipinski definition) is 1. The van der Waals surface area contributed by atoms with Crippen molar-refractivity contribution in [2.75, 3.05) is 5.32 Å². The minimum absolute atomic E-state index is 0.103. The largest absolute Gasteiger partial charge is 0.344 e. The number of hydrogen-bond acceptors (Lipinski definition) is 1. The molecule has 0 heterocycles. The van der Waals surface area contributed by atoms with Crippen LogP contribution in [0.15, 0.2) is 30.3 Å². The highest BCUT2D eigenvalue weighted by molar-refractivity contribution is 7.65. The van der Waals surface area contributed by atoms with Gasteiger partial charge in [-0.05, 0) is 36.9 Å². The molecule has 1 aromatic rings. The van der Waals surface area contributed by atoms with Crippen molar-refractivity contribution < 1.29 is 4.79 Å². The van der Waals surface area contributed by atoms with Crippen LogP contribution in [0.4, 0.5) is 5.69 Å². The summed E-state index contributed by atoms with van der Waals surface area (Å²) in [4.78, 5) is 11.9. The van der Waals surface area contributed by atoms with Crippen molar-refractivity contribution in [1.82, 2.24) is 0 Å². The maximum Gasteiger partial charge on any atom is 0.344 e. The highest BCUT2D eigenvalue weighted by atomic mass is 35.8. The quantitative estimate of drug-likeness (QED) is 0.123. The van der Waals surface area contributed by atoms with E-state index in [-0.39, 0.29) is 5.91 Å². The van der Waals surface area contributed by atoms with Gasteiger partial charge in [0.05, 0.1) is 0 Å². The number of para-hydroxylation sites is 1. The van der Waals surface area contributed by atoms with Crippen LogP contribution in [-0.4, -0.2) is 11.9 Å². The van der Waals surface area contributed by atoms with Crippen molar-refractivity contribution in [3.8, 4) is 0 Å². The molecule has 1 aromatic carbocycles. The van der Waals surface area contributed by atoms with Gasteiger partial charge in [0.15, 0.2) is 0 Å². The van der Waals surface area contributed by atoms with Gasteiger partial charge in [0, 0.05) is 12.1 Å². The third-order valence-electron chi connectivity index (χ3n) is 5.63. The summed E-state index contributed by atoms with van der Waals surface area (Å²) in [6.45, 7) is 2.24. The average molecular weight is 493 g/mol. The van der Waals surface area contributed by atoms with Crippen LogP contribution in [0.25, 0.3) is 0 Å². The minimum atomic E-state index is -2.62. The fourth-order valence-electron chi connectivity index (χ4n) is 3.77. The molecule has 0 saturated heterocycles. The van der Waals surface area contributed by atoms with Crippen molar-refractivity contribution in [3.05, 3.63) is 30.3 Å². The molecular weight excluding hydrogens is 453 g/mol. The monoisotopic (exact) mass is 491 g/mol. The first-order valence-corrected chi connectivity index (χ1v) is 17.0. The van der Waals surface area contributed by atoms with Crippen molar-refractivity contribution in [3.63, 3.8) is 0 Å². The second kappa shape index (κ2) is 17.3. The van der Waals surface area contributed by atoms with E-state index in [2.05, 4.69) is 12.2 Å². The van der Waals surface area contributed by atoms with E-state index in [4.69, 9.17) is 33.2 Å². The molecule has 0 aromatic heterocycles. The molecule has 1 rings (SSSR count). The lowest BCUT2D eigenvalue weighted by Gasteiger charge is -2.22. The maximum atomic E-state index is 11.9. The van der Waals surface area contributed by atoms with E-state index < -0.39 is 6.00 Å². The average Bonchev–Trinajstić information content (AvgIpc) is 2.70. The first kappa shape index (κ1) is 27.8. The molecule has 1 amide bonds. The van der Waals surface area contributed by atoms with Crippen LogP contribution < -0.4 is 5.32 Å². The minimum Gasteiger partial charge on any atom is -0.326 e. The molecule has 0 aliphatic heterocycles. The topological polar surface area (TPSA) is 29.1 Å². The Morgan fingerprint density at radius 1 is 0.800 bits per heavy atom. The lowest BCUT2D eigenvalue weighted by Crippen LogP contribution is -2.20. The van der Waals surface area contributed by atoms with Crippen LogP contribution in [0.3, 0.4) is 0 Å². The van der Waals surface area contributed by atoms with Gasteiger partial charge in [-0.1, -0.05) is 95.8 Å². The lowest BCUT2D eigenvalue weighted by molar-refractivity contribution is -0.116. The molecule has 0 radical (unpaired) electrons. The van der Waals surface area contributed by atoms with E-state index in [0.717, 1.165) is 37.8 Å². The van der Waals surface area contributed by atoms with Gasteiger partial charge >= 0.3 is 6.00 Å². The van der Waals surface area contributed by atoms with E-state index in [1.807, 2.05) is 30.3 Å². The molecule has 0 spiro atoms. The first-order chi connectivity index (χ1) is 14.4. The Bertz CT molecular complexity index is 551. The van der Waals surface area contributed by atoms with Crippen LogP contribution in [0.2, 0.25) is 5.54 Å². The number of halogens is 3. The van der Waals surface area contributed by atoms with Gasteiger partial charge in [-0.15, -0.1) is 33.2 Å². The summed E-state index contributed by atoms with van der Waals surface area (Å²) in [6.07, 6.45) is 17.2. The Kier molecular flexibility index (Phi) is 16.1. The van der Waals surface area contributed by atoms with Gasteiger partial charge in [-0.2, -0.15) is 0 Å². The Morgan fingerprint density at radius 2 is 1.30 bits per heavy atom. The first-order valence-electron chi connectivity index (χ1n) is 11.8. The molecule has 2 nitrogen and oxygen atoms in total. The van der Waals surface area contributed by atoms with Gasteiger partial charge < -0.3 is 5.32 Å². The summed E-state index contributed by atoms with van der Waals surface area (Å²) in [5.41, 5.74) is 1.17. The highest BCUT2D eigenvalue weighted by Crippen LogP contribution is 2.41. The van der Waals surface area contributed by atoms with E-state index in [9.17, 15) is 4.79 Å². The molecule has 0 saturated carbocycles. The maximum absolute atomic E-state index is 11.9. The summed E-state index contributed by atoms with van der Waals surface area (Å²) >= 11 is 19.1. The number of carbonyl (C=O) groups is 1. The summed E-state index contributed by atoms with van der Waals surface area (Å²) < 4.78 is 0. The SMILES string of the molecule is CCCCCCCCC(CCCCCCCCC(=O)Nc1ccccc1)[Si](Cl)(Cl)Cl. The summed E-state index contributed by atoms with van der Waals surface area (Å²) in [7, 11) is 0. The zero-order valence-electron chi connectivity index (χ0n) is 18.6. The van der Waals surface area contributed by atoms with Crippen LogP contribution in [0, 0.1) is 0 Å². The Hall–Kier alpha value is -0.223. The van der Waals surface area contributed by atoms with E-state index in [1.54, 1.807) is 0 Å². The number of amides is 1. The fraction of sp³-hybridized carbons (Fsp3) is 0.708. The van der Waals surface area contributed by atoms with Gasteiger partial charge in [0.25, 0.3) is 0 Å². The van der Waals surface area contributed by atoms with E-state index in [0.29, 0.717) is 12.0 Å². The molecule has 172 valence electrons. The number of nitrogens with one attached hydrogen (secondary N) is 1. The predicted molar refractivity (Wildman–Crippen MR) is 137 cm³/mol. The lowest BCUT2D eigenvalue weighted by atomic mass is 10.0. The summed E-state index contributed by atoms with van der Waals surface area (Å²) in [5, 5.41) is 2.94. The number of carbonyl (C=O) groups excluding carboxylic acids is 1. The third kappa shape index (κ3) is 14.7. The Labute approximate surface area is 199 Å². The smallest absolute Gasteiger partial charge is 0.326 e. The second-order valence-electron chi connectivity index (χ2n) is 8.37. The van der Waals surface area contributed by atoms with Gasteiger partial charge in [-0.25, -0.2) is 0 Å². The van der Waals surface area contributed by atoms with Gasteiger partial charge in [0.1, 0.15) is 0 Å². The van der Waals surface area contributed by atoms with Crippen molar-refractivity contribution in [2.24, 2.45) is 0 Å². The summed E-state index contributed by atoms with van der Waals surface area (Å²) in [5.74, 6) is 0.103. The fourth-order valence-corrected chi connectivity index (χ4v) is 6.80. The molecule has 6 heteroatoms. The van der Waals surface area contributed by atoms with Crippen LogP contribution >= 0.6 is 33.2 Å². The Morgan fingerprint density at radius 3 is 1.83 bits per heavy atom. The van der Waals surface area contributed by atoms with E-state index >= 15 is 0 Å². The summed E-state index contributed by atoms with van der Waals surface area (Å²) in [6, 6.07) is 7.02. The molecule has 30 heavy (non-hydrogen) atoms. The van der Waals surface area contributed by atoms with Crippen LogP contribution in [0.1, 0.15) is 103 Å². The van der Waals surface area contributed by atoms with Gasteiger partial charge in [-0.3, -0.25) is 4.79 Å². The highest BCUT2D eigenvalue weighted by Gasteiger charge is 2.35. The van der Waals surface area contributed by atoms with Crippen LogP contribution in [0.5, 0.6) is 0 Å². The van der Waals surface area contributed by atoms with Crippen molar-refractivity contribution >= 4 is 50.8 Å². The molecule has 0 fully saturated rings. The zero-order chi connectivity index (χ0) is 22.1. The molecule has 0 bridgehead atoms. The third-order valence-corrected chi connectivity index (χ3v) is 9.91. The number of benzene rings is 1. The molecule has 1 atom stereocenters. The Balaban J connectivity index is 2.04. The van der Waals surface area contributed by atoms with Gasteiger partial charge in [0.2, 0.25) is 5.91 Å². The number of unbranched alkanes of at least 4 members (excludes halogenated alkanes) is 10. The standard InChI is InChI=1S/C24H40Cl3NOSi/c1-2-3-4-5-8-14-19-23(30(25,26)27)20-15-9-6-7-10-16-21-24(29)28-22-17-12-11-13-18-22/h11-13,17-18,23H,2-10,14-16,19-21H2,1H3,(H,28,29). The normalized spacial score (nSPS) is 12.7. The molecular formula is C24H40Cl3NOSi. The molecule has 0 aliphatic carbocycles. The van der Waals surface area contributed by atoms with E-state index in [1.165, 1.54) is 57.8 Å². The molecule has 1 unspecified atom stereocenters. The zero-order valence-corrected chi connectivity index (χ0v) is 21.9. The number of anilines is 1. The van der Waals surface area contributed by atoms with Crippen molar-refractivity contribution in [1.29, 1.82) is 0 Å². The predicted octanol–water partition coefficient (Wildman–Crippen LogP) is 9.52. The van der Waals surface area contributed by atoms with Crippen LogP contribution in [-0.2, 0) is 4.79 Å². The second-order valence-corrected chi connectivity index (χ2v) is 17.4.